The van der Waals surface area contributed by atoms with Gasteiger partial charge in [-0.2, -0.15) is 0 Å². The third kappa shape index (κ3) is 4.55. The Morgan fingerprint density at radius 2 is 1.20 bits per heavy atom. The van der Waals surface area contributed by atoms with Gasteiger partial charge in [0.05, 0.1) is 17.1 Å². The first-order chi connectivity index (χ1) is 24.3. The van der Waals surface area contributed by atoms with Crippen LogP contribution < -0.4 is 4.90 Å². The Morgan fingerprint density at radius 3 is 2.06 bits per heavy atom. The quantitative estimate of drug-likeness (QED) is 0.190. The van der Waals surface area contributed by atoms with Crippen LogP contribution in [0.2, 0.25) is 0 Å². The summed E-state index contributed by atoms with van der Waals surface area (Å²) in [7, 11) is 0. The molecule has 49 heavy (non-hydrogen) atoms. The zero-order valence-corrected chi connectivity index (χ0v) is 26.7. The summed E-state index contributed by atoms with van der Waals surface area (Å²) in [6, 6.07) is 60.4. The molecule has 0 unspecified atom stereocenters. The molecule has 1 aliphatic rings. The minimum Gasteiger partial charge on any atom is -0.456 e. The first-order valence-corrected chi connectivity index (χ1v) is 16.8. The molecule has 0 saturated carbocycles. The van der Waals surface area contributed by atoms with Crippen molar-refractivity contribution in [1.29, 1.82) is 0 Å². The summed E-state index contributed by atoms with van der Waals surface area (Å²) in [5.74, 6) is 0. The van der Waals surface area contributed by atoms with Crippen LogP contribution in [0.4, 0.5) is 22.7 Å². The summed E-state index contributed by atoms with van der Waals surface area (Å²) < 4.78 is 6.77. The number of nitrogens with zero attached hydrogens (tertiary/aromatic N) is 2. The van der Waals surface area contributed by atoms with Gasteiger partial charge in [-0.05, 0) is 69.2 Å². The highest BCUT2D eigenvalue weighted by Crippen LogP contribution is 2.46. The standard InChI is InChI=1S/C46H30N2O/c1-2-11-30(12-3-1)32-21-24-35(25-22-32)48(36-26-23-31-13-4-5-14-33(31)27-36)42-29-44-45(38-17-8-7-16-37(38)42)46-39(18-10-20-43(46)49-44)41-28-34-15-6-9-19-40(34)47-41/h1-27,29H,28H2. The number of benzene rings is 8. The van der Waals surface area contributed by atoms with Gasteiger partial charge >= 0.3 is 0 Å². The third-order valence-electron chi connectivity index (χ3n) is 9.86. The number of rotatable bonds is 5. The molecule has 8 aromatic carbocycles. The molecule has 0 aliphatic carbocycles. The van der Waals surface area contributed by atoms with Crippen LogP contribution in [0.1, 0.15) is 11.1 Å². The molecule has 0 fully saturated rings. The number of hydrogen-bond donors (Lipinski definition) is 0. The van der Waals surface area contributed by atoms with E-state index >= 15 is 0 Å². The van der Waals surface area contributed by atoms with Gasteiger partial charge < -0.3 is 9.32 Å². The van der Waals surface area contributed by atoms with E-state index in [0.29, 0.717) is 0 Å². The van der Waals surface area contributed by atoms with E-state index in [1.165, 1.54) is 27.5 Å². The first-order valence-electron chi connectivity index (χ1n) is 16.8. The average Bonchev–Trinajstić information content (AvgIpc) is 3.77. The van der Waals surface area contributed by atoms with Crippen LogP contribution in [0.15, 0.2) is 179 Å². The van der Waals surface area contributed by atoms with Crippen molar-refractivity contribution in [2.75, 3.05) is 4.90 Å². The van der Waals surface area contributed by atoms with Crippen molar-refractivity contribution in [3.05, 3.63) is 181 Å². The molecule has 1 aliphatic heterocycles. The van der Waals surface area contributed by atoms with Gasteiger partial charge in [-0.25, -0.2) is 0 Å². The largest absolute Gasteiger partial charge is 0.456 e. The van der Waals surface area contributed by atoms with Gasteiger partial charge in [-0.1, -0.05) is 127 Å². The van der Waals surface area contributed by atoms with E-state index in [1.807, 2.05) is 0 Å². The summed E-state index contributed by atoms with van der Waals surface area (Å²) in [6.07, 6.45) is 0.812. The van der Waals surface area contributed by atoms with Crippen LogP contribution in [0.5, 0.6) is 0 Å². The van der Waals surface area contributed by atoms with E-state index in [1.54, 1.807) is 0 Å². The predicted molar refractivity (Wildman–Crippen MR) is 205 cm³/mol. The molecule has 230 valence electrons. The molecule has 0 amide bonds. The van der Waals surface area contributed by atoms with Crippen molar-refractivity contribution < 1.29 is 4.42 Å². The second kappa shape index (κ2) is 11.1. The van der Waals surface area contributed by atoms with Gasteiger partial charge in [0, 0.05) is 45.6 Å². The van der Waals surface area contributed by atoms with Crippen molar-refractivity contribution in [3.8, 4) is 11.1 Å². The van der Waals surface area contributed by atoms with E-state index in [0.717, 1.165) is 73.2 Å². The lowest BCUT2D eigenvalue weighted by atomic mass is 9.95. The Balaban J connectivity index is 1.21. The molecule has 2 heterocycles. The van der Waals surface area contributed by atoms with Crippen LogP contribution in [-0.4, -0.2) is 5.71 Å². The Kier molecular flexibility index (Phi) is 6.25. The van der Waals surface area contributed by atoms with E-state index in [4.69, 9.17) is 9.41 Å². The van der Waals surface area contributed by atoms with Crippen LogP contribution in [-0.2, 0) is 6.42 Å². The minimum absolute atomic E-state index is 0.812. The topological polar surface area (TPSA) is 28.7 Å². The number of furan rings is 1. The lowest BCUT2D eigenvalue weighted by Crippen LogP contribution is -2.10. The summed E-state index contributed by atoms with van der Waals surface area (Å²) in [4.78, 5) is 7.45. The molecule has 0 radical (unpaired) electrons. The summed E-state index contributed by atoms with van der Waals surface area (Å²) >= 11 is 0. The van der Waals surface area contributed by atoms with Gasteiger partial charge in [0.2, 0.25) is 0 Å². The third-order valence-corrected chi connectivity index (χ3v) is 9.86. The van der Waals surface area contributed by atoms with Crippen LogP contribution in [0.25, 0.3) is 54.6 Å². The summed E-state index contributed by atoms with van der Waals surface area (Å²) in [6.45, 7) is 0. The van der Waals surface area contributed by atoms with Gasteiger partial charge in [-0.15, -0.1) is 0 Å². The van der Waals surface area contributed by atoms with E-state index in [2.05, 4.69) is 175 Å². The summed E-state index contributed by atoms with van der Waals surface area (Å²) in [5, 5.41) is 6.97. The Bertz CT molecular complexity index is 2740. The lowest BCUT2D eigenvalue weighted by molar-refractivity contribution is 0.669. The number of para-hydroxylation sites is 1. The Hall–Kier alpha value is -6.45. The number of fused-ring (bicyclic) bond motifs is 7. The van der Waals surface area contributed by atoms with E-state index in [-0.39, 0.29) is 0 Å². The molecular weight excluding hydrogens is 597 g/mol. The first kappa shape index (κ1) is 27.6. The smallest absolute Gasteiger partial charge is 0.138 e. The molecule has 3 heteroatoms. The molecule has 0 N–H and O–H groups in total. The monoisotopic (exact) mass is 626 g/mol. The highest BCUT2D eigenvalue weighted by atomic mass is 16.3. The molecule has 3 nitrogen and oxygen atoms in total. The van der Waals surface area contributed by atoms with Gasteiger partial charge in [0.1, 0.15) is 11.2 Å². The molecule has 1 aromatic heterocycles. The Morgan fingerprint density at radius 1 is 0.490 bits per heavy atom. The minimum atomic E-state index is 0.812. The number of aliphatic imine (C=N–C) groups is 1. The fourth-order valence-corrected chi connectivity index (χ4v) is 7.55. The molecule has 0 atom stereocenters. The van der Waals surface area contributed by atoms with Gasteiger partial charge in [0.15, 0.2) is 0 Å². The van der Waals surface area contributed by atoms with E-state index < -0.39 is 0 Å². The van der Waals surface area contributed by atoms with Crippen LogP contribution in [0.3, 0.4) is 0 Å². The zero-order chi connectivity index (χ0) is 32.3. The maximum atomic E-state index is 6.77. The van der Waals surface area contributed by atoms with Crippen molar-refractivity contribution in [3.63, 3.8) is 0 Å². The highest BCUT2D eigenvalue weighted by molar-refractivity contribution is 6.28. The van der Waals surface area contributed by atoms with Crippen molar-refractivity contribution in [2.24, 2.45) is 4.99 Å². The molecule has 10 rings (SSSR count). The predicted octanol–water partition coefficient (Wildman–Crippen LogP) is 12.7. The molecule has 0 bridgehead atoms. The van der Waals surface area contributed by atoms with Crippen LogP contribution >= 0.6 is 0 Å². The maximum Gasteiger partial charge on any atom is 0.138 e. The molecule has 9 aromatic rings. The van der Waals surface area contributed by atoms with Crippen molar-refractivity contribution in [1.82, 2.24) is 0 Å². The fraction of sp³-hybridized carbons (Fsp3) is 0.0217. The lowest BCUT2D eigenvalue weighted by Gasteiger charge is -2.27. The maximum absolute atomic E-state index is 6.77. The van der Waals surface area contributed by atoms with Gasteiger partial charge in [-0.3, -0.25) is 4.99 Å². The van der Waals surface area contributed by atoms with E-state index in [9.17, 15) is 0 Å². The highest BCUT2D eigenvalue weighted by Gasteiger charge is 2.24. The number of hydrogen-bond acceptors (Lipinski definition) is 3. The normalized spacial score (nSPS) is 12.5. The zero-order valence-electron chi connectivity index (χ0n) is 26.7. The molecular formula is C46H30N2O. The fourth-order valence-electron chi connectivity index (χ4n) is 7.55. The average molecular weight is 627 g/mol. The SMILES string of the molecule is c1ccc(-c2ccc(N(c3ccc4ccccc4c3)c3cc4oc5cccc(C6=Nc7ccccc7C6)c5c4c4ccccc34)cc2)cc1. The summed E-state index contributed by atoms with van der Waals surface area (Å²) in [5.41, 5.74) is 11.9. The Labute approximate surface area is 284 Å². The second-order valence-corrected chi connectivity index (χ2v) is 12.7. The van der Waals surface area contributed by atoms with Crippen molar-refractivity contribution in [2.45, 2.75) is 6.42 Å². The van der Waals surface area contributed by atoms with Gasteiger partial charge in [0.25, 0.3) is 0 Å². The second-order valence-electron chi connectivity index (χ2n) is 12.7. The molecule has 0 saturated heterocycles. The molecule has 0 spiro atoms. The number of anilines is 3. The van der Waals surface area contributed by atoms with Crippen molar-refractivity contribution >= 4 is 71.9 Å². The van der Waals surface area contributed by atoms with Crippen LogP contribution in [0, 0.1) is 0 Å².